The Bertz CT molecular complexity index is 385. The Morgan fingerprint density at radius 3 is 2.94 bits per heavy atom. The number of hydrogen-bond donors (Lipinski definition) is 1. The van der Waals surface area contributed by atoms with E-state index in [1.165, 1.54) is 0 Å². The van der Waals surface area contributed by atoms with E-state index in [4.69, 9.17) is 4.74 Å². The highest BCUT2D eigenvalue weighted by Gasteiger charge is 2.02. The molecule has 1 aromatic carbocycles. The fraction of sp³-hybridized carbons (Fsp3) is 0.462. The number of ether oxygens (including phenoxy) is 1. The number of rotatable bonds is 7. The van der Waals surface area contributed by atoms with Gasteiger partial charge >= 0.3 is 0 Å². The highest BCUT2D eigenvalue weighted by molar-refractivity contribution is 9.10. The summed E-state index contributed by atoms with van der Waals surface area (Å²) in [6, 6.07) is 7.94. The Kier molecular flexibility index (Phi) is 7.20. The van der Waals surface area contributed by atoms with Crippen molar-refractivity contribution in [2.75, 3.05) is 18.1 Å². The zero-order valence-electron chi connectivity index (χ0n) is 10.6. The highest BCUT2D eigenvalue weighted by atomic mass is 79.9. The minimum atomic E-state index is 0.0810. The van der Waals surface area contributed by atoms with E-state index < -0.39 is 0 Å². The third-order valence-electron chi connectivity index (χ3n) is 1.98. The van der Waals surface area contributed by atoms with Crippen molar-refractivity contribution < 1.29 is 9.53 Å². The van der Waals surface area contributed by atoms with Crippen LogP contribution in [0.15, 0.2) is 28.7 Å². The first-order chi connectivity index (χ1) is 8.58. The molecule has 0 heterocycles. The molecule has 0 saturated heterocycles. The van der Waals surface area contributed by atoms with E-state index in [0.717, 1.165) is 16.0 Å². The summed E-state index contributed by atoms with van der Waals surface area (Å²) in [6.07, 6.45) is 0. The predicted octanol–water partition coefficient (Wildman–Crippen LogP) is 3.09. The lowest BCUT2D eigenvalue weighted by Crippen LogP contribution is -2.31. The highest BCUT2D eigenvalue weighted by Crippen LogP contribution is 2.17. The minimum absolute atomic E-state index is 0.0810. The molecule has 0 aliphatic heterocycles. The maximum atomic E-state index is 11.4. The number of carbonyl (C=O) groups excluding carboxylic acids is 1. The van der Waals surface area contributed by atoms with Gasteiger partial charge in [0.25, 0.3) is 0 Å². The quantitative estimate of drug-likeness (QED) is 0.780. The fourth-order valence-corrected chi connectivity index (χ4v) is 2.30. The van der Waals surface area contributed by atoms with Gasteiger partial charge < -0.3 is 10.1 Å². The van der Waals surface area contributed by atoms with Crippen molar-refractivity contribution in [3.8, 4) is 5.75 Å². The molecular formula is C13H18BrNO2S. The molecule has 100 valence electrons. The summed E-state index contributed by atoms with van der Waals surface area (Å²) in [5.74, 6) is 2.21. The van der Waals surface area contributed by atoms with Crippen LogP contribution in [0.4, 0.5) is 0 Å². The Hall–Kier alpha value is -0.680. The van der Waals surface area contributed by atoms with Crippen molar-refractivity contribution in [1.29, 1.82) is 0 Å². The molecule has 0 radical (unpaired) electrons. The molecule has 0 atom stereocenters. The molecule has 1 N–H and O–H groups in total. The van der Waals surface area contributed by atoms with Gasteiger partial charge in [0, 0.05) is 16.3 Å². The van der Waals surface area contributed by atoms with Gasteiger partial charge in [-0.3, -0.25) is 4.79 Å². The van der Waals surface area contributed by atoms with E-state index in [1.807, 2.05) is 38.1 Å². The smallest absolute Gasteiger partial charge is 0.230 e. The molecule has 1 rings (SSSR count). The first kappa shape index (κ1) is 15.4. The lowest BCUT2D eigenvalue weighted by atomic mass is 10.3. The fourth-order valence-electron chi connectivity index (χ4n) is 1.30. The van der Waals surface area contributed by atoms with Crippen LogP contribution in [-0.2, 0) is 4.79 Å². The molecule has 0 aromatic heterocycles. The summed E-state index contributed by atoms with van der Waals surface area (Å²) >= 11 is 4.97. The van der Waals surface area contributed by atoms with Gasteiger partial charge in [-0.1, -0.05) is 22.0 Å². The molecule has 0 bridgehead atoms. The van der Waals surface area contributed by atoms with Crippen molar-refractivity contribution >= 4 is 33.6 Å². The number of nitrogens with one attached hydrogen (secondary N) is 1. The third kappa shape index (κ3) is 6.91. The topological polar surface area (TPSA) is 38.3 Å². The average Bonchev–Trinajstić information content (AvgIpc) is 2.27. The molecule has 0 spiro atoms. The number of thioether (sulfide) groups is 1. The number of carbonyl (C=O) groups is 1. The molecule has 0 saturated carbocycles. The van der Waals surface area contributed by atoms with E-state index in [0.29, 0.717) is 12.4 Å². The molecular weight excluding hydrogens is 314 g/mol. The van der Waals surface area contributed by atoms with E-state index >= 15 is 0 Å². The zero-order valence-corrected chi connectivity index (χ0v) is 13.0. The summed E-state index contributed by atoms with van der Waals surface area (Å²) in [6.45, 7) is 4.52. The van der Waals surface area contributed by atoms with Gasteiger partial charge in [-0.2, -0.15) is 0 Å². The maximum Gasteiger partial charge on any atom is 0.230 e. The van der Waals surface area contributed by atoms with Crippen molar-refractivity contribution in [2.45, 2.75) is 19.9 Å². The maximum absolute atomic E-state index is 11.4. The lowest BCUT2D eigenvalue weighted by molar-refractivity contribution is -0.119. The SMILES string of the molecule is CC(C)NC(=O)CSCCOc1cccc(Br)c1. The van der Waals surface area contributed by atoms with E-state index in [1.54, 1.807) is 11.8 Å². The van der Waals surface area contributed by atoms with Crippen molar-refractivity contribution in [3.63, 3.8) is 0 Å². The minimum Gasteiger partial charge on any atom is -0.493 e. The molecule has 3 nitrogen and oxygen atoms in total. The number of benzene rings is 1. The van der Waals surface area contributed by atoms with Crippen LogP contribution in [0, 0.1) is 0 Å². The van der Waals surface area contributed by atoms with Gasteiger partial charge in [-0.15, -0.1) is 11.8 Å². The first-order valence-corrected chi connectivity index (χ1v) is 7.78. The van der Waals surface area contributed by atoms with Gasteiger partial charge in [0.1, 0.15) is 5.75 Å². The van der Waals surface area contributed by atoms with Crippen LogP contribution >= 0.6 is 27.7 Å². The Balaban J connectivity index is 2.10. The van der Waals surface area contributed by atoms with Crippen molar-refractivity contribution in [3.05, 3.63) is 28.7 Å². The molecule has 0 unspecified atom stereocenters. The van der Waals surface area contributed by atoms with E-state index in [9.17, 15) is 4.79 Å². The molecule has 0 aliphatic rings. The average molecular weight is 332 g/mol. The predicted molar refractivity (Wildman–Crippen MR) is 80.2 cm³/mol. The summed E-state index contributed by atoms with van der Waals surface area (Å²) in [5, 5.41) is 2.85. The van der Waals surface area contributed by atoms with E-state index in [-0.39, 0.29) is 11.9 Å². The number of hydrogen-bond acceptors (Lipinski definition) is 3. The largest absolute Gasteiger partial charge is 0.493 e. The number of halogens is 1. The second-order valence-electron chi connectivity index (χ2n) is 4.08. The van der Waals surface area contributed by atoms with Crippen LogP contribution in [0.1, 0.15) is 13.8 Å². The molecule has 1 aromatic rings. The van der Waals surface area contributed by atoms with Crippen LogP contribution in [0.5, 0.6) is 5.75 Å². The number of amides is 1. The molecule has 5 heteroatoms. The summed E-state index contributed by atoms with van der Waals surface area (Å²) in [7, 11) is 0. The van der Waals surface area contributed by atoms with E-state index in [2.05, 4.69) is 21.2 Å². The Labute approximate surface area is 121 Å². The summed E-state index contributed by atoms with van der Waals surface area (Å²) in [4.78, 5) is 11.4. The normalized spacial score (nSPS) is 10.4. The molecule has 1 amide bonds. The first-order valence-electron chi connectivity index (χ1n) is 5.83. The van der Waals surface area contributed by atoms with Crippen molar-refractivity contribution in [1.82, 2.24) is 5.32 Å². The van der Waals surface area contributed by atoms with Crippen LogP contribution in [0.2, 0.25) is 0 Å². The van der Waals surface area contributed by atoms with Gasteiger partial charge in [0.15, 0.2) is 0 Å². The standard InChI is InChI=1S/C13H18BrNO2S/c1-10(2)15-13(16)9-18-7-6-17-12-5-3-4-11(14)8-12/h3-5,8,10H,6-7,9H2,1-2H3,(H,15,16). The molecule has 0 fully saturated rings. The lowest BCUT2D eigenvalue weighted by Gasteiger charge is -2.08. The van der Waals surface area contributed by atoms with Gasteiger partial charge in [0.2, 0.25) is 5.91 Å². The summed E-state index contributed by atoms with van der Waals surface area (Å²) in [5.41, 5.74) is 0. The molecule has 18 heavy (non-hydrogen) atoms. The summed E-state index contributed by atoms with van der Waals surface area (Å²) < 4.78 is 6.57. The van der Waals surface area contributed by atoms with Crippen LogP contribution in [0.3, 0.4) is 0 Å². The van der Waals surface area contributed by atoms with Gasteiger partial charge in [0.05, 0.1) is 12.4 Å². The second kappa shape index (κ2) is 8.43. The monoisotopic (exact) mass is 331 g/mol. The second-order valence-corrected chi connectivity index (χ2v) is 6.10. The van der Waals surface area contributed by atoms with Gasteiger partial charge in [-0.05, 0) is 32.0 Å². The Morgan fingerprint density at radius 2 is 2.28 bits per heavy atom. The van der Waals surface area contributed by atoms with Gasteiger partial charge in [-0.25, -0.2) is 0 Å². The zero-order chi connectivity index (χ0) is 13.4. The molecule has 0 aliphatic carbocycles. The third-order valence-corrected chi connectivity index (χ3v) is 3.39. The van der Waals surface area contributed by atoms with Crippen molar-refractivity contribution in [2.24, 2.45) is 0 Å². The van der Waals surface area contributed by atoms with Crippen LogP contribution in [0.25, 0.3) is 0 Å². The van der Waals surface area contributed by atoms with Crippen LogP contribution in [-0.4, -0.2) is 30.1 Å². The Morgan fingerprint density at radius 1 is 1.50 bits per heavy atom. The van der Waals surface area contributed by atoms with Crippen LogP contribution < -0.4 is 10.1 Å².